The standard InChI is InChI=1S/C23H28N2O2/c1-4-27-23(26)22-15-21(24(3)20-13-9-6-10-14-20)18(2)16-25(22)17-19-11-7-5-8-12-19/h5-14,22H,4,15-17H2,1-3H3/t22-/m1/s1. The molecular weight excluding hydrogens is 336 g/mol. The molecule has 2 aromatic carbocycles. The van der Waals surface area contributed by atoms with Crippen LogP contribution in [0.25, 0.3) is 0 Å². The van der Waals surface area contributed by atoms with Crippen LogP contribution in [0.15, 0.2) is 71.9 Å². The predicted molar refractivity (Wildman–Crippen MR) is 109 cm³/mol. The van der Waals surface area contributed by atoms with Crippen LogP contribution in [0.3, 0.4) is 0 Å². The summed E-state index contributed by atoms with van der Waals surface area (Å²) in [4.78, 5) is 17.1. The molecule has 2 aromatic rings. The fourth-order valence-electron chi connectivity index (χ4n) is 3.68. The van der Waals surface area contributed by atoms with E-state index in [4.69, 9.17) is 4.74 Å². The first-order valence-corrected chi connectivity index (χ1v) is 9.52. The number of ether oxygens (including phenoxy) is 1. The Kier molecular flexibility index (Phi) is 6.30. The summed E-state index contributed by atoms with van der Waals surface area (Å²) in [6, 6.07) is 20.3. The van der Waals surface area contributed by atoms with Crippen LogP contribution in [0.2, 0.25) is 0 Å². The van der Waals surface area contributed by atoms with Gasteiger partial charge in [0, 0.05) is 37.9 Å². The number of hydrogen-bond donors (Lipinski definition) is 0. The van der Waals surface area contributed by atoms with E-state index in [9.17, 15) is 4.79 Å². The van der Waals surface area contributed by atoms with Gasteiger partial charge in [0.2, 0.25) is 0 Å². The maximum atomic E-state index is 12.7. The van der Waals surface area contributed by atoms with Gasteiger partial charge < -0.3 is 9.64 Å². The lowest BCUT2D eigenvalue weighted by Crippen LogP contribution is -2.47. The lowest BCUT2D eigenvalue weighted by atomic mass is 9.97. The second-order valence-corrected chi connectivity index (χ2v) is 6.98. The molecule has 0 N–H and O–H groups in total. The molecule has 0 saturated carbocycles. The Labute approximate surface area is 162 Å². The van der Waals surface area contributed by atoms with E-state index in [2.05, 4.69) is 48.0 Å². The Hall–Kier alpha value is -2.59. The number of anilines is 1. The molecule has 1 heterocycles. The minimum absolute atomic E-state index is 0.139. The number of carbonyl (C=O) groups is 1. The van der Waals surface area contributed by atoms with Gasteiger partial charge in [0.1, 0.15) is 6.04 Å². The van der Waals surface area contributed by atoms with Crippen LogP contribution in [0, 0.1) is 0 Å². The van der Waals surface area contributed by atoms with E-state index in [0.29, 0.717) is 13.0 Å². The van der Waals surface area contributed by atoms with Crippen LogP contribution in [0.1, 0.15) is 25.8 Å². The molecule has 1 aliphatic heterocycles. The second-order valence-electron chi connectivity index (χ2n) is 6.98. The Balaban J connectivity index is 1.87. The Morgan fingerprint density at radius 3 is 2.37 bits per heavy atom. The van der Waals surface area contributed by atoms with E-state index in [1.54, 1.807) is 0 Å². The lowest BCUT2D eigenvalue weighted by Gasteiger charge is -2.39. The fraction of sp³-hybridized carbons (Fsp3) is 0.348. The van der Waals surface area contributed by atoms with Crippen molar-refractivity contribution in [3.63, 3.8) is 0 Å². The van der Waals surface area contributed by atoms with Crippen molar-refractivity contribution in [3.05, 3.63) is 77.5 Å². The lowest BCUT2D eigenvalue weighted by molar-refractivity contribution is -0.150. The molecular formula is C23H28N2O2. The number of nitrogens with zero attached hydrogens (tertiary/aromatic N) is 2. The van der Waals surface area contributed by atoms with Crippen LogP contribution >= 0.6 is 0 Å². The molecule has 0 spiro atoms. The molecule has 1 atom stereocenters. The van der Waals surface area contributed by atoms with Gasteiger partial charge in [-0.25, -0.2) is 0 Å². The maximum Gasteiger partial charge on any atom is 0.323 e. The first kappa shape index (κ1) is 19.2. The molecule has 4 heteroatoms. The number of hydrogen-bond acceptors (Lipinski definition) is 4. The van der Waals surface area contributed by atoms with E-state index in [1.165, 1.54) is 16.8 Å². The summed E-state index contributed by atoms with van der Waals surface area (Å²) < 4.78 is 5.40. The molecule has 0 bridgehead atoms. The van der Waals surface area contributed by atoms with E-state index in [0.717, 1.165) is 18.8 Å². The van der Waals surface area contributed by atoms with Gasteiger partial charge >= 0.3 is 5.97 Å². The first-order chi connectivity index (χ1) is 13.1. The van der Waals surface area contributed by atoms with Gasteiger partial charge in [-0.05, 0) is 37.1 Å². The minimum Gasteiger partial charge on any atom is -0.465 e. The normalized spacial score (nSPS) is 17.7. The maximum absolute atomic E-state index is 12.7. The monoisotopic (exact) mass is 364 g/mol. The van der Waals surface area contributed by atoms with Crippen LogP contribution < -0.4 is 4.90 Å². The van der Waals surface area contributed by atoms with Crippen LogP contribution in [0.4, 0.5) is 5.69 Å². The summed E-state index contributed by atoms with van der Waals surface area (Å²) in [5.74, 6) is -0.139. The third kappa shape index (κ3) is 4.58. The molecule has 4 nitrogen and oxygen atoms in total. The molecule has 0 saturated heterocycles. The number of carbonyl (C=O) groups excluding carboxylic acids is 1. The van der Waals surface area contributed by atoms with E-state index >= 15 is 0 Å². The van der Waals surface area contributed by atoms with Gasteiger partial charge in [-0.1, -0.05) is 48.5 Å². The highest BCUT2D eigenvalue weighted by molar-refractivity contribution is 5.77. The molecule has 3 rings (SSSR count). The number of rotatable bonds is 6. The molecule has 1 aliphatic rings. The quantitative estimate of drug-likeness (QED) is 0.718. The number of esters is 1. The summed E-state index contributed by atoms with van der Waals surface area (Å²) >= 11 is 0. The first-order valence-electron chi connectivity index (χ1n) is 9.52. The third-order valence-corrected chi connectivity index (χ3v) is 5.10. The largest absolute Gasteiger partial charge is 0.465 e. The summed E-state index contributed by atoms with van der Waals surface area (Å²) in [5.41, 5.74) is 4.83. The van der Waals surface area contributed by atoms with Gasteiger partial charge in [0.25, 0.3) is 0 Å². The van der Waals surface area contributed by atoms with Crippen molar-refractivity contribution in [1.29, 1.82) is 0 Å². The Morgan fingerprint density at radius 2 is 1.74 bits per heavy atom. The smallest absolute Gasteiger partial charge is 0.323 e. The van der Waals surface area contributed by atoms with Crippen molar-refractivity contribution >= 4 is 11.7 Å². The molecule has 0 amide bonds. The van der Waals surface area contributed by atoms with E-state index in [-0.39, 0.29) is 12.0 Å². The summed E-state index contributed by atoms with van der Waals surface area (Å²) in [6.07, 6.45) is 0.656. The van der Waals surface area contributed by atoms with Crippen molar-refractivity contribution in [1.82, 2.24) is 4.90 Å². The van der Waals surface area contributed by atoms with Crippen LogP contribution in [0.5, 0.6) is 0 Å². The number of benzene rings is 2. The molecule has 142 valence electrons. The molecule has 0 aromatic heterocycles. The van der Waals surface area contributed by atoms with E-state index < -0.39 is 0 Å². The van der Waals surface area contributed by atoms with E-state index in [1.807, 2.05) is 43.3 Å². The van der Waals surface area contributed by atoms with Crippen LogP contribution in [-0.4, -0.2) is 37.1 Å². The van der Waals surface area contributed by atoms with Gasteiger partial charge in [0.05, 0.1) is 6.61 Å². The van der Waals surface area contributed by atoms with Crippen molar-refractivity contribution < 1.29 is 9.53 Å². The minimum atomic E-state index is -0.269. The van der Waals surface area contributed by atoms with Crippen LogP contribution in [-0.2, 0) is 16.1 Å². The highest BCUT2D eigenvalue weighted by Crippen LogP contribution is 2.30. The van der Waals surface area contributed by atoms with Crippen molar-refractivity contribution in [2.75, 3.05) is 25.1 Å². The zero-order valence-corrected chi connectivity index (χ0v) is 16.4. The summed E-state index contributed by atoms with van der Waals surface area (Å²) in [5, 5.41) is 0. The Bertz CT molecular complexity index is 787. The zero-order chi connectivity index (χ0) is 19.2. The molecule has 27 heavy (non-hydrogen) atoms. The Morgan fingerprint density at radius 1 is 1.11 bits per heavy atom. The van der Waals surface area contributed by atoms with Gasteiger partial charge in [-0.2, -0.15) is 0 Å². The van der Waals surface area contributed by atoms with Crippen molar-refractivity contribution in [2.45, 2.75) is 32.9 Å². The molecule has 0 fully saturated rings. The highest BCUT2D eigenvalue weighted by atomic mass is 16.5. The highest BCUT2D eigenvalue weighted by Gasteiger charge is 2.34. The topological polar surface area (TPSA) is 32.8 Å². The number of para-hydroxylation sites is 1. The zero-order valence-electron chi connectivity index (χ0n) is 16.4. The average molecular weight is 364 g/mol. The SMILES string of the molecule is CCOC(=O)[C@H]1CC(N(C)c2ccccc2)=C(C)CN1Cc1ccccc1. The molecule has 0 unspecified atom stereocenters. The van der Waals surface area contributed by atoms with Gasteiger partial charge in [-0.3, -0.25) is 9.69 Å². The summed E-state index contributed by atoms with van der Waals surface area (Å²) in [6.45, 7) is 5.92. The van der Waals surface area contributed by atoms with Gasteiger partial charge in [0.15, 0.2) is 0 Å². The summed E-state index contributed by atoms with van der Waals surface area (Å²) in [7, 11) is 2.07. The van der Waals surface area contributed by atoms with Crippen molar-refractivity contribution in [3.8, 4) is 0 Å². The van der Waals surface area contributed by atoms with Gasteiger partial charge in [-0.15, -0.1) is 0 Å². The molecule has 0 aliphatic carbocycles. The average Bonchev–Trinajstić information content (AvgIpc) is 2.69. The predicted octanol–water partition coefficient (Wildman–Crippen LogP) is 4.23. The fourth-order valence-corrected chi connectivity index (χ4v) is 3.68. The van der Waals surface area contributed by atoms with Crippen molar-refractivity contribution in [2.24, 2.45) is 0 Å². The molecule has 0 radical (unpaired) electrons. The third-order valence-electron chi connectivity index (χ3n) is 5.10. The second kappa shape index (κ2) is 8.87.